The number of carbonyl (C=O) groups is 1. The molecule has 1 aliphatic rings. The highest BCUT2D eigenvalue weighted by atomic mass is 35.5. The van der Waals surface area contributed by atoms with Crippen LogP contribution in [0, 0.1) is 20.8 Å². The molecule has 3 rings (SSSR count). The van der Waals surface area contributed by atoms with E-state index in [-0.39, 0.29) is 11.9 Å². The van der Waals surface area contributed by atoms with E-state index in [0.717, 1.165) is 36.2 Å². The van der Waals surface area contributed by atoms with Crippen molar-refractivity contribution in [3.05, 3.63) is 50.2 Å². The second-order valence-electron chi connectivity index (χ2n) is 6.95. The number of rotatable bonds is 4. The lowest BCUT2D eigenvalue weighted by molar-refractivity contribution is -0.121. The molecule has 0 aliphatic carbocycles. The molecular formula is C20H25ClN2OS. The number of amides is 1. The minimum atomic E-state index is -0.188. The van der Waals surface area contributed by atoms with E-state index in [0.29, 0.717) is 11.1 Å². The lowest BCUT2D eigenvalue weighted by Gasteiger charge is -2.29. The predicted molar refractivity (Wildman–Crippen MR) is 107 cm³/mol. The van der Waals surface area contributed by atoms with Gasteiger partial charge >= 0.3 is 0 Å². The van der Waals surface area contributed by atoms with Crippen molar-refractivity contribution in [2.24, 2.45) is 0 Å². The molecule has 5 heteroatoms. The topological polar surface area (TPSA) is 32.3 Å². The van der Waals surface area contributed by atoms with Gasteiger partial charge in [-0.3, -0.25) is 9.69 Å². The summed E-state index contributed by atoms with van der Waals surface area (Å²) in [4.78, 5) is 17.9. The third kappa shape index (κ3) is 3.91. The summed E-state index contributed by atoms with van der Waals surface area (Å²) in [6.45, 7) is 9.06. The van der Waals surface area contributed by atoms with Crippen molar-refractivity contribution < 1.29 is 4.79 Å². The number of aryl methyl sites for hydroxylation is 3. The molecule has 1 aromatic carbocycles. The van der Waals surface area contributed by atoms with Crippen LogP contribution in [-0.2, 0) is 4.79 Å². The molecule has 1 N–H and O–H groups in total. The molecule has 0 bridgehead atoms. The fourth-order valence-corrected chi connectivity index (χ4v) is 5.04. The Bertz CT molecular complexity index is 763. The first-order valence-corrected chi connectivity index (χ1v) is 9.96. The minimum Gasteiger partial charge on any atom is -0.323 e. The number of thiophene rings is 1. The number of hydrogen-bond donors (Lipinski definition) is 1. The Balaban J connectivity index is 1.76. The SMILES string of the molecule is Cc1cc(C)c(NC(=O)C(C)N2CCCC2c2ccc(C)s2)c(Cl)c1. The zero-order valence-corrected chi connectivity index (χ0v) is 16.8. The average molecular weight is 377 g/mol. The van der Waals surface area contributed by atoms with Gasteiger partial charge in [-0.05, 0) is 76.4 Å². The van der Waals surface area contributed by atoms with Crippen molar-refractivity contribution in [1.29, 1.82) is 0 Å². The van der Waals surface area contributed by atoms with Gasteiger partial charge in [0.25, 0.3) is 0 Å². The van der Waals surface area contributed by atoms with E-state index in [9.17, 15) is 4.79 Å². The van der Waals surface area contributed by atoms with Crippen LogP contribution in [-0.4, -0.2) is 23.4 Å². The zero-order valence-electron chi connectivity index (χ0n) is 15.2. The maximum absolute atomic E-state index is 12.9. The Hall–Kier alpha value is -1.36. The van der Waals surface area contributed by atoms with Crippen LogP contribution in [0.3, 0.4) is 0 Å². The quantitative estimate of drug-likeness (QED) is 0.765. The predicted octanol–water partition coefficient (Wildman–Crippen LogP) is 5.49. The van der Waals surface area contributed by atoms with E-state index in [1.54, 1.807) is 0 Å². The van der Waals surface area contributed by atoms with Gasteiger partial charge in [-0.25, -0.2) is 0 Å². The molecule has 1 amide bonds. The van der Waals surface area contributed by atoms with Gasteiger partial charge in [-0.1, -0.05) is 17.7 Å². The maximum atomic E-state index is 12.9. The summed E-state index contributed by atoms with van der Waals surface area (Å²) in [6, 6.07) is 8.45. The highest BCUT2D eigenvalue weighted by Crippen LogP contribution is 2.37. The van der Waals surface area contributed by atoms with Crippen LogP contribution in [0.4, 0.5) is 5.69 Å². The Morgan fingerprint density at radius 3 is 2.72 bits per heavy atom. The molecule has 2 heterocycles. The molecule has 0 radical (unpaired) electrons. The average Bonchev–Trinajstić information content (AvgIpc) is 3.18. The smallest absolute Gasteiger partial charge is 0.241 e. The second-order valence-corrected chi connectivity index (χ2v) is 8.67. The fourth-order valence-electron chi connectivity index (χ4n) is 3.64. The molecule has 134 valence electrons. The number of nitrogens with one attached hydrogen (secondary N) is 1. The number of nitrogens with zero attached hydrogens (tertiary/aromatic N) is 1. The first-order valence-electron chi connectivity index (χ1n) is 8.76. The molecule has 1 aromatic heterocycles. The van der Waals surface area contributed by atoms with Crippen molar-refractivity contribution in [1.82, 2.24) is 4.90 Å². The van der Waals surface area contributed by atoms with Gasteiger partial charge in [0.1, 0.15) is 0 Å². The van der Waals surface area contributed by atoms with E-state index < -0.39 is 0 Å². The first-order chi connectivity index (χ1) is 11.9. The fraction of sp³-hybridized carbons (Fsp3) is 0.450. The minimum absolute atomic E-state index is 0.00836. The molecule has 25 heavy (non-hydrogen) atoms. The molecule has 2 atom stereocenters. The van der Waals surface area contributed by atoms with E-state index in [4.69, 9.17) is 11.6 Å². The third-order valence-electron chi connectivity index (χ3n) is 4.94. The molecule has 2 unspecified atom stereocenters. The summed E-state index contributed by atoms with van der Waals surface area (Å²) in [5.41, 5.74) is 2.82. The summed E-state index contributed by atoms with van der Waals surface area (Å²) < 4.78 is 0. The van der Waals surface area contributed by atoms with Gasteiger partial charge < -0.3 is 5.32 Å². The summed E-state index contributed by atoms with van der Waals surface area (Å²) in [7, 11) is 0. The van der Waals surface area contributed by atoms with Crippen LogP contribution in [0.25, 0.3) is 0 Å². The van der Waals surface area contributed by atoms with Gasteiger partial charge in [0, 0.05) is 15.8 Å². The summed E-state index contributed by atoms with van der Waals surface area (Å²) in [5.74, 6) is 0.00836. The Morgan fingerprint density at radius 1 is 1.32 bits per heavy atom. The van der Waals surface area contributed by atoms with Crippen LogP contribution < -0.4 is 5.32 Å². The normalized spacial score (nSPS) is 19.2. The number of carbonyl (C=O) groups excluding carboxylic acids is 1. The monoisotopic (exact) mass is 376 g/mol. The molecule has 0 saturated carbocycles. The van der Waals surface area contributed by atoms with E-state index in [1.807, 2.05) is 44.2 Å². The standard InChI is InChI=1S/C20H25ClN2OS/c1-12-10-13(2)19(16(21)11-12)22-20(24)15(4)23-9-5-6-17(23)18-8-7-14(3)25-18/h7-8,10-11,15,17H,5-6,9H2,1-4H3,(H,22,24). The zero-order chi connectivity index (χ0) is 18.1. The van der Waals surface area contributed by atoms with E-state index in [1.165, 1.54) is 9.75 Å². The van der Waals surface area contributed by atoms with Crippen molar-refractivity contribution in [2.75, 3.05) is 11.9 Å². The van der Waals surface area contributed by atoms with Gasteiger partial charge in [-0.2, -0.15) is 0 Å². The Morgan fingerprint density at radius 2 is 2.08 bits per heavy atom. The van der Waals surface area contributed by atoms with Gasteiger partial charge in [-0.15, -0.1) is 11.3 Å². The highest BCUT2D eigenvalue weighted by molar-refractivity contribution is 7.12. The number of halogens is 1. The maximum Gasteiger partial charge on any atom is 0.241 e. The van der Waals surface area contributed by atoms with Crippen molar-refractivity contribution in [2.45, 2.75) is 52.6 Å². The number of benzene rings is 1. The van der Waals surface area contributed by atoms with Gasteiger partial charge in [0.2, 0.25) is 5.91 Å². The van der Waals surface area contributed by atoms with Gasteiger partial charge in [0.05, 0.1) is 16.8 Å². The summed E-state index contributed by atoms with van der Waals surface area (Å²) >= 11 is 8.18. The van der Waals surface area contributed by atoms with Crippen LogP contribution in [0.15, 0.2) is 24.3 Å². The van der Waals surface area contributed by atoms with Crippen molar-refractivity contribution >= 4 is 34.5 Å². The largest absolute Gasteiger partial charge is 0.323 e. The second kappa shape index (κ2) is 7.48. The highest BCUT2D eigenvalue weighted by Gasteiger charge is 2.34. The molecule has 1 fully saturated rings. The molecule has 1 saturated heterocycles. The molecular weight excluding hydrogens is 352 g/mol. The number of hydrogen-bond acceptors (Lipinski definition) is 3. The molecule has 3 nitrogen and oxygen atoms in total. The molecule has 2 aromatic rings. The number of anilines is 1. The van der Waals surface area contributed by atoms with E-state index >= 15 is 0 Å². The molecule has 0 spiro atoms. The Labute approximate surface area is 159 Å². The Kier molecular flexibility index (Phi) is 5.52. The van der Waals surface area contributed by atoms with Crippen molar-refractivity contribution in [3.8, 4) is 0 Å². The van der Waals surface area contributed by atoms with Crippen LogP contribution in [0.5, 0.6) is 0 Å². The van der Waals surface area contributed by atoms with E-state index in [2.05, 4.69) is 29.3 Å². The van der Waals surface area contributed by atoms with Crippen LogP contribution in [0.1, 0.15) is 46.7 Å². The lowest BCUT2D eigenvalue weighted by atomic mass is 10.1. The third-order valence-corrected chi connectivity index (χ3v) is 6.34. The number of likely N-dealkylation sites (tertiary alicyclic amines) is 1. The van der Waals surface area contributed by atoms with Crippen LogP contribution in [0.2, 0.25) is 5.02 Å². The summed E-state index contributed by atoms with van der Waals surface area (Å²) in [5, 5.41) is 3.65. The first kappa shape index (κ1) is 18.4. The van der Waals surface area contributed by atoms with Crippen LogP contribution >= 0.6 is 22.9 Å². The van der Waals surface area contributed by atoms with Gasteiger partial charge in [0.15, 0.2) is 0 Å². The molecule has 1 aliphatic heterocycles. The lowest BCUT2D eigenvalue weighted by Crippen LogP contribution is -2.41. The summed E-state index contributed by atoms with van der Waals surface area (Å²) in [6.07, 6.45) is 2.24. The van der Waals surface area contributed by atoms with Crippen molar-refractivity contribution in [3.63, 3.8) is 0 Å².